The molecule has 0 spiro atoms. The number of amides is 2. The minimum absolute atomic E-state index is 0.402. The second-order valence-electron chi connectivity index (χ2n) is 6.40. The lowest BCUT2D eigenvalue weighted by Gasteiger charge is -2.40. The number of hydrogen-bond acceptors (Lipinski definition) is 2. The van der Waals surface area contributed by atoms with Gasteiger partial charge in [-0.25, -0.2) is 17.6 Å². The summed E-state index contributed by atoms with van der Waals surface area (Å²) in [5.74, 6) is -6.19. The summed E-state index contributed by atoms with van der Waals surface area (Å²) in [7, 11) is 0. The fraction of sp³-hybridized carbons (Fsp3) is 0.263. The molecule has 142 valence electrons. The molecule has 2 amide bonds. The molecule has 2 N–H and O–H groups in total. The number of nitrogens with one attached hydrogen (secondary N) is 2. The van der Waals surface area contributed by atoms with E-state index in [1.807, 2.05) is 0 Å². The number of hydrogen-bond donors (Lipinski definition) is 2. The number of carbonyl (C=O) groups excluding carboxylic acids is 2. The Balaban J connectivity index is 1.64. The van der Waals surface area contributed by atoms with Gasteiger partial charge in [0, 0.05) is 0 Å². The Labute approximate surface area is 152 Å². The van der Waals surface area contributed by atoms with E-state index in [-0.39, 0.29) is 0 Å². The van der Waals surface area contributed by atoms with Crippen molar-refractivity contribution >= 4 is 17.5 Å². The van der Waals surface area contributed by atoms with Crippen LogP contribution in [0.15, 0.2) is 36.4 Å². The number of benzene rings is 2. The van der Waals surface area contributed by atoms with Gasteiger partial charge in [-0.1, -0.05) is 18.6 Å². The van der Waals surface area contributed by atoms with Gasteiger partial charge >= 0.3 is 0 Å². The summed E-state index contributed by atoms with van der Waals surface area (Å²) in [6, 6.07) is 7.17. The first-order valence-electron chi connectivity index (χ1n) is 8.31. The van der Waals surface area contributed by atoms with Crippen LogP contribution in [0.3, 0.4) is 0 Å². The van der Waals surface area contributed by atoms with Crippen molar-refractivity contribution in [1.82, 2.24) is 5.32 Å². The standard InChI is InChI=1S/C19H16F4N2O2/c20-12-4-2-11(3-5-12)19(8-1-9-19)18(27)24-10-15(26)25-14-7-6-13(21)16(22)17(14)23/h2-7H,1,8-10H2,(H,24,27)(H,25,26). The van der Waals surface area contributed by atoms with E-state index in [2.05, 4.69) is 10.6 Å². The molecule has 1 aliphatic carbocycles. The van der Waals surface area contributed by atoms with Gasteiger partial charge in [0.25, 0.3) is 0 Å². The summed E-state index contributed by atoms with van der Waals surface area (Å²) in [5.41, 5.74) is -0.703. The maximum atomic E-state index is 13.6. The number of anilines is 1. The van der Waals surface area contributed by atoms with Crippen LogP contribution in [-0.2, 0) is 15.0 Å². The summed E-state index contributed by atoms with van der Waals surface area (Å²) >= 11 is 0. The Bertz CT molecular complexity index is 880. The van der Waals surface area contributed by atoms with E-state index in [9.17, 15) is 27.2 Å². The first-order valence-corrected chi connectivity index (χ1v) is 8.31. The highest BCUT2D eigenvalue weighted by molar-refractivity contribution is 5.97. The van der Waals surface area contributed by atoms with Crippen molar-refractivity contribution in [3.05, 3.63) is 65.2 Å². The van der Waals surface area contributed by atoms with E-state index < -0.39 is 52.7 Å². The minimum Gasteiger partial charge on any atom is -0.346 e. The van der Waals surface area contributed by atoms with E-state index >= 15 is 0 Å². The lowest BCUT2D eigenvalue weighted by atomic mass is 9.64. The SMILES string of the molecule is O=C(CNC(=O)C1(c2ccc(F)cc2)CCC1)Nc1ccc(F)c(F)c1F. The third-order valence-corrected chi connectivity index (χ3v) is 4.76. The van der Waals surface area contributed by atoms with E-state index in [0.29, 0.717) is 24.5 Å². The molecule has 1 fully saturated rings. The average Bonchev–Trinajstić information content (AvgIpc) is 2.61. The largest absolute Gasteiger partial charge is 0.346 e. The monoisotopic (exact) mass is 380 g/mol. The first-order chi connectivity index (χ1) is 12.8. The second kappa shape index (κ2) is 7.38. The molecular weight excluding hydrogens is 364 g/mol. The Morgan fingerprint density at radius 1 is 0.926 bits per heavy atom. The van der Waals surface area contributed by atoms with Crippen LogP contribution in [-0.4, -0.2) is 18.4 Å². The molecule has 0 aromatic heterocycles. The third kappa shape index (κ3) is 3.65. The molecular formula is C19H16F4N2O2. The Kier molecular flexibility index (Phi) is 5.16. The molecule has 2 aromatic carbocycles. The van der Waals surface area contributed by atoms with Crippen LogP contribution in [0.2, 0.25) is 0 Å². The van der Waals surface area contributed by atoms with Crippen molar-refractivity contribution in [2.75, 3.05) is 11.9 Å². The molecule has 0 bridgehead atoms. The molecule has 3 rings (SSSR count). The van der Waals surface area contributed by atoms with Gasteiger partial charge in [0.05, 0.1) is 17.6 Å². The summed E-state index contributed by atoms with van der Waals surface area (Å²) in [4.78, 5) is 24.5. The molecule has 0 aliphatic heterocycles. The van der Waals surface area contributed by atoms with Crippen molar-refractivity contribution in [1.29, 1.82) is 0 Å². The van der Waals surface area contributed by atoms with Crippen LogP contribution >= 0.6 is 0 Å². The molecule has 0 saturated heterocycles. The quantitative estimate of drug-likeness (QED) is 0.617. The fourth-order valence-corrected chi connectivity index (χ4v) is 3.09. The maximum Gasteiger partial charge on any atom is 0.243 e. The van der Waals surface area contributed by atoms with Gasteiger partial charge in [-0.3, -0.25) is 9.59 Å². The molecule has 2 aromatic rings. The fourth-order valence-electron chi connectivity index (χ4n) is 3.09. The highest BCUT2D eigenvalue weighted by Crippen LogP contribution is 2.43. The summed E-state index contributed by atoms with van der Waals surface area (Å²) in [6.45, 7) is -0.472. The molecule has 8 heteroatoms. The van der Waals surface area contributed by atoms with Crippen LogP contribution in [0.25, 0.3) is 0 Å². The van der Waals surface area contributed by atoms with Crippen molar-refractivity contribution in [3.63, 3.8) is 0 Å². The van der Waals surface area contributed by atoms with Crippen LogP contribution in [0.4, 0.5) is 23.2 Å². The average molecular weight is 380 g/mol. The summed E-state index contributed by atoms with van der Waals surface area (Å²) in [6.07, 6.45) is 1.94. The minimum atomic E-state index is -1.69. The molecule has 1 saturated carbocycles. The maximum absolute atomic E-state index is 13.6. The van der Waals surface area contributed by atoms with Crippen LogP contribution in [0.1, 0.15) is 24.8 Å². The van der Waals surface area contributed by atoms with Crippen LogP contribution < -0.4 is 10.6 Å². The van der Waals surface area contributed by atoms with Gasteiger partial charge in [-0.15, -0.1) is 0 Å². The molecule has 0 atom stereocenters. The van der Waals surface area contributed by atoms with Crippen molar-refractivity contribution < 1.29 is 27.2 Å². The van der Waals surface area contributed by atoms with Crippen molar-refractivity contribution in [2.45, 2.75) is 24.7 Å². The molecule has 0 heterocycles. The topological polar surface area (TPSA) is 58.2 Å². The first kappa shape index (κ1) is 18.9. The molecule has 0 unspecified atom stereocenters. The third-order valence-electron chi connectivity index (χ3n) is 4.76. The van der Waals surface area contributed by atoms with Gasteiger partial charge in [-0.2, -0.15) is 0 Å². The van der Waals surface area contributed by atoms with E-state index in [4.69, 9.17) is 0 Å². The van der Waals surface area contributed by atoms with Gasteiger partial charge in [-0.05, 0) is 42.7 Å². The van der Waals surface area contributed by atoms with E-state index in [0.717, 1.165) is 12.5 Å². The second-order valence-corrected chi connectivity index (χ2v) is 6.40. The molecule has 4 nitrogen and oxygen atoms in total. The zero-order valence-electron chi connectivity index (χ0n) is 14.1. The Hall–Kier alpha value is -2.90. The number of halogens is 4. The molecule has 27 heavy (non-hydrogen) atoms. The van der Waals surface area contributed by atoms with Crippen molar-refractivity contribution in [2.24, 2.45) is 0 Å². The zero-order chi connectivity index (χ0) is 19.6. The lowest BCUT2D eigenvalue weighted by Crippen LogP contribution is -2.50. The van der Waals surface area contributed by atoms with Crippen LogP contribution in [0, 0.1) is 23.3 Å². The van der Waals surface area contributed by atoms with Gasteiger partial charge in [0.1, 0.15) is 5.82 Å². The zero-order valence-corrected chi connectivity index (χ0v) is 14.1. The predicted molar refractivity (Wildman–Crippen MR) is 89.9 cm³/mol. The van der Waals surface area contributed by atoms with Gasteiger partial charge < -0.3 is 10.6 Å². The summed E-state index contributed by atoms with van der Waals surface area (Å²) < 4.78 is 52.8. The normalized spacial score (nSPS) is 15.0. The lowest BCUT2D eigenvalue weighted by molar-refractivity contribution is -0.131. The summed E-state index contributed by atoms with van der Waals surface area (Å²) in [5, 5.41) is 4.55. The Morgan fingerprint density at radius 3 is 2.19 bits per heavy atom. The van der Waals surface area contributed by atoms with Gasteiger partial charge in [0.2, 0.25) is 11.8 Å². The van der Waals surface area contributed by atoms with Crippen molar-refractivity contribution in [3.8, 4) is 0 Å². The van der Waals surface area contributed by atoms with Gasteiger partial charge in [0.15, 0.2) is 17.5 Å². The number of rotatable bonds is 5. The van der Waals surface area contributed by atoms with E-state index in [1.165, 1.54) is 24.3 Å². The molecule has 0 radical (unpaired) electrons. The Morgan fingerprint density at radius 2 is 1.59 bits per heavy atom. The molecule has 1 aliphatic rings. The number of carbonyl (C=O) groups is 2. The smallest absolute Gasteiger partial charge is 0.243 e. The highest BCUT2D eigenvalue weighted by atomic mass is 19.2. The van der Waals surface area contributed by atoms with E-state index in [1.54, 1.807) is 0 Å². The predicted octanol–water partition coefficient (Wildman–Crippen LogP) is 3.42. The van der Waals surface area contributed by atoms with Crippen LogP contribution in [0.5, 0.6) is 0 Å². The highest BCUT2D eigenvalue weighted by Gasteiger charge is 2.45.